The molecule has 28 heavy (non-hydrogen) atoms. The third-order valence-corrected chi connectivity index (χ3v) is 5.14. The minimum atomic E-state index is -1.38. The Balaban J connectivity index is 1.70. The van der Waals surface area contributed by atoms with Gasteiger partial charge in [-0.1, -0.05) is 0 Å². The van der Waals surface area contributed by atoms with Crippen LogP contribution in [0, 0.1) is 5.41 Å². The number of imidazole rings is 1. The fraction of sp³-hybridized carbons (Fsp3) is 0.667. The highest BCUT2D eigenvalue weighted by molar-refractivity contribution is 5.68. The Hall–Kier alpha value is -1.97. The summed E-state index contributed by atoms with van der Waals surface area (Å²) in [6.07, 6.45) is -7.04. The van der Waals surface area contributed by atoms with Gasteiger partial charge in [0.25, 0.3) is 0 Å². The Bertz CT molecular complexity index is 917. The topological polar surface area (TPSA) is 199 Å². The maximum absolute atomic E-state index is 10.2. The molecule has 0 spiro atoms. The first-order valence-electron chi connectivity index (χ1n) is 8.62. The molecule has 0 aliphatic carbocycles. The van der Waals surface area contributed by atoms with E-state index in [-0.39, 0.29) is 16.7 Å². The average molecular weight is 399 g/mol. The number of aliphatic hydroxyl groups excluding tert-OH is 6. The molecule has 0 radical (unpaired) electrons. The molecule has 2 fully saturated rings. The van der Waals surface area contributed by atoms with E-state index < -0.39 is 62.3 Å². The lowest BCUT2D eigenvalue weighted by Crippen LogP contribution is -2.35. The fourth-order valence-electron chi connectivity index (χ4n) is 3.55. The molecule has 13 nitrogen and oxygen atoms in total. The van der Waals surface area contributed by atoms with E-state index in [2.05, 4.69) is 9.97 Å². The standard InChI is InChI=1S/C15H21N5O8/c16-12-7-13(18-4-19(12)14-10(25)8(23)5(1-21)27-14)20(3-17-7)15-11(26)9(24)6(2-22)28-15/h3-6,8-11,14-16,21-26H,1-2H2/t5-,6-,8-,9-,10+,11-,14-,15-/m1/s1. The van der Waals surface area contributed by atoms with Gasteiger partial charge in [0.05, 0.1) is 19.5 Å². The highest BCUT2D eigenvalue weighted by Gasteiger charge is 2.45. The summed E-state index contributed by atoms with van der Waals surface area (Å²) in [5, 5.41) is 67.0. The first-order chi connectivity index (χ1) is 13.4. The van der Waals surface area contributed by atoms with E-state index in [1.807, 2.05) is 0 Å². The monoisotopic (exact) mass is 399 g/mol. The molecule has 8 atom stereocenters. The Morgan fingerprint density at radius 3 is 1.82 bits per heavy atom. The summed E-state index contributed by atoms with van der Waals surface area (Å²) in [5.74, 6) is 0. The molecule has 154 valence electrons. The zero-order valence-corrected chi connectivity index (χ0v) is 14.5. The predicted molar refractivity (Wildman–Crippen MR) is 87.4 cm³/mol. The van der Waals surface area contributed by atoms with Crippen LogP contribution in [0.4, 0.5) is 0 Å². The molecule has 0 saturated carbocycles. The van der Waals surface area contributed by atoms with Gasteiger partial charge in [-0.2, -0.15) is 0 Å². The first kappa shape index (κ1) is 19.4. The van der Waals surface area contributed by atoms with Crippen molar-refractivity contribution in [3.63, 3.8) is 0 Å². The maximum Gasteiger partial charge on any atom is 0.167 e. The molecule has 0 amide bonds. The van der Waals surface area contributed by atoms with E-state index in [4.69, 9.17) is 14.9 Å². The number of hydrogen-bond donors (Lipinski definition) is 7. The Labute approximate surface area is 157 Å². The van der Waals surface area contributed by atoms with Gasteiger partial charge in [-0.25, -0.2) is 9.97 Å². The maximum atomic E-state index is 10.2. The summed E-state index contributed by atoms with van der Waals surface area (Å²) in [5.41, 5.74) is 0.0751. The van der Waals surface area contributed by atoms with Crippen molar-refractivity contribution >= 4 is 11.2 Å². The molecule has 13 heteroatoms. The van der Waals surface area contributed by atoms with Gasteiger partial charge in [0.1, 0.15) is 43.0 Å². The van der Waals surface area contributed by atoms with Gasteiger partial charge in [0.15, 0.2) is 29.1 Å². The molecular weight excluding hydrogens is 378 g/mol. The first-order valence-corrected chi connectivity index (χ1v) is 8.62. The molecule has 2 aromatic rings. The largest absolute Gasteiger partial charge is 0.394 e. The van der Waals surface area contributed by atoms with Crippen molar-refractivity contribution in [1.82, 2.24) is 19.1 Å². The molecule has 2 aromatic heterocycles. The van der Waals surface area contributed by atoms with Crippen LogP contribution in [0.15, 0.2) is 12.7 Å². The number of nitrogens with zero attached hydrogens (tertiary/aromatic N) is 4. The zero-order chi connectivity index (χ0) is 20.2. The van der Waals surface area contributed by atoms with Gasteiger partial charge < -0.3 is 40.1 Å². The van der Waals surface area contributed by atoms with Crippen molar-refractivity contribution in [2.75, 3.05) is 13.2 Å². The number of hydrogen-bond acceptors (Lipinski definition) is 11. The Morgan fingerprint density at radius 2 is 1.32 bits per heavy atom. The molecule has 7 N–H and O–H groups in total. The summed E-state index contributed by atoms with van der Waals surface area (Å²) < 4.78 is 13.4. The highest BCUT2D eigenvalue weighted by atomic mass is 16.6. The average Bonchev–Trinajstić information content (AvgIpc) is 3.33. The van der Waals surface area contributed by atoms with Gasteiger partial charge in [-0.15, -0.1) is 0 Å². The van der Waals surface area contributed by atoms with Crippen molar-refractivity contribution in [2.24, 2.45) is 0 Å². The SMILES string of the molecule is N=c1c2ncn([C@@H]3O[C@H](CO)[C@@H](O)[C@H]3O)c2ncn1[C@@H]1O[C@H](CO)[C@@H](O)[C@@H]1O. The quantitative estimate of drug-likeness (QED) is 0.265. The van der Waals surface area contributed by atoms with E-state index >= 15 is 0 Å². The number of fused-ring (bicyclic) bond motifs is 1. The molecule has 0 unspecified atom stereocenters. The van der Waals surface area contributed by atoms with Crippen LogP contribution >= 0.6 is 0 Å². The fourth-order valence-corrected chi connectivity index (χ4v) is 3.55. The summed E-state index contributed by atoms with van der Waals surface area (Å²) in [6, 6.07) is 0. The van der Waals surface area contributed by atoms with E-state index in [1.54, 1.807) is 0 Å². The van der Waals surface area contributed by atoms with Crippen LogP contribution in [-0.2, 0) is 9.47 Å². The van der Waals surface area contributed by atoms with Gasteiger partial charge in [0, 0.05) is 0 Å². The lowest BCUT2D eigenvalue weighted by atomic mass is 10.1. The lowest BCUT2D eigenvalue weighted by molar-refractivity contribution is -0.0554. The van der Waals surface area contributed by atoms with Crippen LogP contribution in [0.3, 0.4) is 0 Å². The third-order valence-electron chi connectivity index (χ3n) is 5.14. The Morgan fingerprint density at radius 1 is 0.821 bits per heavy atom. The lowest BCUT2D eigenvalue weighted by Gasteiger charge is -2.19. The van der Waals surface area contributed by atoms with Gasteiger partial charge in [-0.05, 0) is 0 Å². The summed E-state index contributed by atoms with van der Waals surface area (Å²) in [4.78, 5) is 8.28. The van der Waals surface area contributed by atoms with Crippen molar-refractivity contribution in [2.45, 2.75) is 49.1 Å². The Kier molecular flexibility index (Phi) is 4.93. The van der Waals surface area contributed by atoms with E-state index in [9.17, 15) is 30.6 Å². The van der Waals surface area contributed by atoms with E-state index in [0.29, 0.717) is 0 Å². The number of aliphatic hydroxyl groups is 6. The molecule has 0 aromatic carbocycles. The molecule has 2 aliphatic heterocycles. The van der Waals surface area contributed by atoms with Crippen LogP contribution in [0.25, 0.3) is 11.2 Å². The summed E-state index contributed by atoms with van der Waals surface area (Å²) in [7, 11) is 0. The molecule has 2 saturated heterocycles. The van der Waals surface area contributed by atoms with Crippen molar-refractivity contribution in [3.8, 4) is 0 Å². The molecule has 0 bridgehead atoms. The van der Waals surface area contributed by atoms with Crippen LogP contribution in [0.5, 0.6) is 0 Å². The zero-order valence-electron chi connectivity index (χ0n) is 14.5. The van der Waals surface area contributed by atoms with Gasteiger partial charge >= 0.3 is 0 Å². The van der Waals surface area contributed by atoms with Crippen molar-refractivity contribution in [3.05, 3.63) is 18.1 Å². The smallest absolute Gasteiger partial charge is 0.167 e. The third kappa shape index (κ3) is 2.75. The van der Waals surface area contributed by atoms with Crippen molar-refractivity contribution < 1.29 is 40.1 Å². The number of ether oxygens (including phenoxy) is 2. The van der Waals surface area contributed by atoms with Crippen LogP contribution in [0.2, 0.25) is 0 Å². The second kappa shape index (κ2) is 7.13. The molecule has 4 rings (SSSR count). The van der Waals surface area contributed by atoms with Crippen molar-refractivity contribution in [1.29, 1.82) is 5.41 Å². The highest BCUT2D eigenvalue weighted by Crippen LogP contribution is 2.31. The molecule has 2 aliphatic rings. The predicted octanol–water partition coefficient (Wildman–Crippen LogP) is -4.06. The van der Waals surface area contributed by atoms with E-state index in [0.717, 1.165) is 0 Å². The second-order valence-corrected chi connectivity index (χ2v) is 6.78. The normalized spacial score (nSPS) is 38.5. The number of nitrogens with one attached hydrogen (secondary N) is 1. The van der Waals surface area contributed by atoms with Gasteiger partial charge in [-0.3, -0.25) is 14.5 Å². The van der Waals surface area contributed by atoms with Crippen LogP contribution < -0.4 is 5.49 Å². The van der Waals surface area contributed by atoms with Gasteiger partial charge in [0.2, 0.25) is 0 Å². The molecular formula is C15H21N5O8. The summed E-state index contributed by atoms with van der Waals surface area (Å²) in [6.45, 7) is -0.984. The van der Waals surface area contributed by atoms with E-state index in [1.165, 1.54) is 21.8 Å². The van der Waals surface area contributed by atoms with Crippen LogP contribution in [0.1, 0.15) is 12.5 Å². The second-order valence-electron chi connectivity index (χ2n) is 6.78. The summed E-state index contributed by atoms with van der Waals surface area (Å²) >= 11 is 0. The number of rotatable bonds is 4. The minimum Gasteiger partial charge on any atom is -0.394 e. The van der Waals surface area contributed by atoms with Crippen LogP contribution in [-0.4, -0.2) is 99.6 Å². The molecule has 4 heterocycles. The number of aromatic nitrogens is 4. The minimum absolute atomic E-state index is 0.0953.